The molecule has 25 heavy (non-hydrogen) atoms. The smallest absolute Gasteiger partial charge is 0.326 e. The van der Waals surface area contributed by atoms with Gasteiger partial charge < -0.3 is 20.1 Å². The minimum Gasteiger partial charge on any atom is -0.490 e. The van der Waals surface area contributed by atoms with E-state index in [9.17, 15) is 14.7 Å². The molecule has 0 saturated carbocycles. The molecule has 1 aromatic carbocycles. The molecule has 0 bridgehead atoms. The van der Waals surface area contributed by atoms with Crippen LogP contribution < -0.4 is 10.1 Å². The molecule has 0 aliphatic carbocycles. The predicted octanol–water partition coefficient (Wildman–Crippen LogP) is 2.27. The number of hydrogen-bond donors (Lipinski definition) is 2. The van der Waals surface area contributed by atoms with E-state index in [4.69, 9.17) is 4.74 Å². The van der Waals surface area contributed by atoms with Gasteiger partial charge in [-0.3, -0.25) is 4.79 Å². The Morgan fingerprint density at radius 3 is 2.60 bits per heavy atom. The molecule has 2 heterocycles. The zero-order chi connectivity index (χ0) is 18.2. The first-order valence-corrected chi connectivity index (χ1v) is 8.81. The Kier molecular flexibility index (Phi) is 4.73. The molecule has 1 atom stereocenters. The Hall–Kier alpha value is -2.08. The predicted molar refractivity (Wildman–Crippen MR) is 93.7 cm³/mol. The van der Waals surface area contributed by atoms with Crippen molar-refractivity contribution in [2.45, 2.75) is 52.3 Å². The van der Waals surface area contributed by atoms with Crippen molar-refractivity contribution >= 4 is 11.9 Å². The van der Waals surface area contributed by atoms with Crippen LogP contribution in [0.5, 0.6) is 5.75 Å². The molecule has 0 aromatic heterocycles. The fourth-order valence-electron chi connectivity index (χ4n) is 3.68. The van der Waals surface area contributed by atoms with Gasteiger partial charge in [0.05, 0.1) is 0 Å². The normalized spacial score (nSPS) is 19.6. The summed E-state index contributed by atoms with van der Waals surface area (Å²) in [5, 5.41) is 12.9. The number of piperidine rings is 1. The summed E-state index contributed by atoms with van der Waals surface area (Å²) in [7, 11) is 0. The first-order valence-electron chi connectivity index (χ1n) is 8.81. The molecule has 1 fully saturated rings. The highest BCUT2D eigenvalue weighted by atomic mass is 16.5. The molecule has 0 spiro atoms. The van der Waals surface area contributed by atoms with Crippen LogP contribution >= 0.6 is 0 Å². The van der Waals surface area contributed by atoms with Crippen LogP contribution in [0.4, 0.5) is 0 Å². The average Bonchev–Trinajstić information content (AvgIpc) is 2.83. The second-order valence-corrected chi connectivity index (χ2v) is 7.93. The van der Waals surface area contributed by atoms with Crippen molar-refractivity contribution in [3.63, 3.8) is 0 Å². The monoisotopic (exact) mass is 346 g/mol. The maximum Gasteiger partial charge on any atom is 0.326 e. The third-order valence-electron chi connectivity index (χ3n) is 4.86. The quantitative estimate of drug-likeness (QED) is 0.874. The molecule has 6 nitrogen and oxygen atoms in total. The van der Waals surface area contributed by atoms with Gasteiger partial charge >= 0.3 is 5.97 Å². The number of carbonyl (C=O) groups excluding carboxylic acids is 1. The number of nitrogens with one attached hydrogen (secondary N) is 1. The Labute approximate surface area is 148 Å². The van der Waals surface area contributed by atoms with Gasteiger partial charge in [-0.25, -0.2) is 4.79 Å². The maximum absolute atomic E-state index is 12.7. The van der Waals surface area contributed by atoms with Crippen molar-refractivity contribution in [2.75, 3.05) is 13.1 Å². The summed E-state index contributed by atoms with van der Waals surface area (Å²) in [6.45, 7) is 7.74. The van der Waals surface area contributed by atoms with E-state index in [0.29, 0.717) is 12.1 Å². The van der Waals surface area contributed by atoms with E-state index < -0.39 is 17.4 Å². The number of hydrogen-bond acceptors (Lipinski definition) is 4. The molecule has 6 heteroatoms. The zero-order valence-corrected chi connectivity index (χ0v) is 15.0. The molecular formula is C19H26N2O4. The lowest BCUT2D eigenvalue weighted by molar-refractivity contribution is -0.146. The number of amides is 1. The van der Waals surface area contributed by atoms with Crippen LogP contribution in [-0.4, -0.2) is 47.1 Å². The van der Waals surface area contributed by atoms with E-state index in [2.05, 4.69) is 5.32 Å². The van der Waals surface area contributed by atoms with Crippen LogP contribution in [0.1, 0.15) is 49.5 Å². The number of carboxylic acid groups (broad SMARTS) is 1. The molecule has 2 N–H and O–H groups in total. The van der Waals surface area contributed by atoms with E-state index in [1.807, 2.05) is 32.9 Å². The number of ether oxygens (including phenoxy) is 1. The first-order chi connectivity index (χ1) is 11.8. The molecular weight excluding hydrogens is 320 g/mol. The van der Waals surface area contributed by atoms with E-state index >= 15 is 0 Å². The molecule has 3 rings (SSSR count). The van der Waals surface area contributed by atoms with Gasteiger partial charge in [-0.1, -0.05) is 20.8 Å². The van der Waals surface area contributed by atoms with E-state index in [-0.39, 0.29) is 12.0 Å². The van der Waals surface area contributed by atoms with Crippen molar-refractivity contribution in [2.24, 2.45) is 5.41 Å². The van der Waals surface area contributed by atoms with Crippen molar-refractivity contribution in [1.29, 1.82) is 0 Å². The number of fused-ring (bicyclic) bond motifs is 1. The highest BCUT2D eigenvalue weighted by molar-refractivity contribution is 6.00. The van der Waals surface area contributed by atoms with Gasteiger partial charge in [0.1, 0.15) is 17.9 Å². The third-order valence-corrected chi connectivity index (χ3v) is 4.86. The highest BCUT2D eigenvalue weighted by Gasteiger charge is 2.42. The average molecular weight is 346 g/mol. The van der Waals surface area contributed by atoms with Crippen LogP contribution in [0.25, 0.3) is 0 Å². The summed E-state index contributed by atoms with van der Waals surface area (Å²) in [6, 6.07) is 4.60. The summed E-state index contributed by atoms with van der Waals surface area (Å²) >= 11 is 0. The Morgan fingerprint density at radius 1 is 1.32 bits per heavy atom. The number of nitrogens with zero attached hydrogens (tertiary/aromatic N) is 1. The number of benzene rings is 1. The van der Waals surface area contributed by atoms with Crippen LogP contribution in [0, 0.1) is 5.41 Å². The first kappa shape index (κ1) is 17.7. The lowest BCUT2D eigenvalue weighted by Crippen LogP contribution is -2.49. The SMILES string of the molecule is CC(C)(C)[C@@H](C(=O)O)N1Cc2cc(OC3CCNCC3)ccc2C1=O. The Morgan fingerprint density at radius 2 is 2.00 bits per heavy atom. The molecule has 2 aliphatic heterocycles. The van der Waals surface area contributed by atoms with Gasteiger partial charge in [0.25, 0.3) is 5.91 Å². The maximum atomic E-state index is 12.7. The van der Waals surface area contributed by atoms with Crippen LogP contribution in [0.2, 0.25) is 0 Å². The van der Waals surface area contributed by atoms with Gasteiger partial charge in [-0.2, -0.15) is 0 Å². The second kappa shape index (κ2) is 6.67. The molecule has 0 unspecified atom stereocenters. The van der Waals surface area contributed by atoms with Gasteiger partial charge in [-0.05, 0) is 55.1 Å². The topological polar surface area (TPSA) is 78.9 Å². The van der Waals surface area contributed by atoms with Crippen molar-refractivity contribution in [3.05, 3.63) is 29.3 Å². The Bertz CT molecular complexity index is 674. The van der Waals surface area contributed by atoms with Crippen molar-refractivity contribution in [1.82, 2.24) is 10.2 Å². The van der Waals surface area contributed by atoms with Crippen LogP contribution in [0.3, 0.4) is 0 Å². The number of aliphatic carboxylic acids is 1. The van der Waals surface area contributed by atoms with Crippen LogP contribution in [0.15, 0.2) is 18.2 Å². The lowest BCUT2D eigenvalue weighted by atomic mass is 9.85. The summed E-state index contributed by atoms with van der Waals surface area (Å²) < 4.78 is 6.04. The summed E-state index contributed by atoms with van der Waals surface area (Å²) in [4.78, 5) is 25.9. The highest BCUT2D eigenvalue weighted by Crippen LogP contribution is 2.34. The fourth-order valence-corrected chi connectivity index (χ4v) is 3.68. The van der Waals surface area contributed by atoms with Crippen molar-refractivity contribution in [3.8, 4) is 5.75 Å². The van der Waals surface area contributed by atoms with Gasteiger partial charge in [0, 0.05) is 12.1 Å². The summed E-state index contributed by atoms with van der Waals surface area (Å²) in [5.74, 6) is -0.437. The largest absolute Gasteiger partial charge is 0.490 e. The minimum absolute atomic E-state index is 0.189. The van der Waals surface area contributed by atoms with Gasteiger partial charge in [0.15, 0.2) is 0 Å². The van der Waals surface area contributed by atoms with Crippen LogP contribution in [-0.2, 0) is 11.3 Å². The van der Waals surface area contributed by atoms with Gasteiger partial charge in [0.2, 0.25) is 0 Å². The number of carbonyl (C=O) groups is 2. The minimum atomic E-state index is -0.972. The number of carboxylic acids is 1. The molecule has 1 aromatic rings. The molecule has 136 valence electrons. The standard InChI is InChI=1S/C19H26N2O4/c1-19(2,3)16(18(23)24)21-11-12-10-14(4-5-15(12)17(21)22)25-13-6-8-20-9-7-13/h4-5,10,13,16,20H,6-9,11H2,1-3H3,(H,23,24)/t16-/m1/s1. The van der Waals surface area contributed by atoms with E-state index in [0.717, 1.165) is 37.2 Å². The molecule has 1 amide bonds. The lowest BCUT2D eigenvalue weighted by Gasteiger charge is -2.34. The molecule has 2 aliphatic rings. The molecule has 1 saturated heterocycles. The zero-order valence-electron chi connectivity index (χ0n) is 15.0. The fraction of sp³-hybridized carbons (Fsp3) is 0.579. The summed E-state index contributed by atoms with van der Waals surface area (Å²) in [5.41, 5.74) is 0.873. The van der Waals surface area contributed by atoms with Gasteiger partial charge in [-0.15, -0.1) is 0 Å². The van der Waals surface area contributed by atoms with E-state index in [1.54, 1.807) is 6.07 Å². The Balaban J connectivity index is 1.80. The van der Waals surface area contributed by atoms with E-state index in [1.165, 1.54) is 4.90 Å². The second-order valence-electron chi connectivity index (χ2n) is 7.93. The van der Waals surface area contributed by atoms with Crippen molar-refractivity contribution < 1.29 is 19.4 Å². The number of rotatable bonds is 4. The molecule has 0 radical (unpaired) electrons. The summed E-state index contributed by atoms with van der Waals surface area (Å²) in [6.07, 6.45) is 2.12. The third kappa shape index (κ3) is 3.63.